The number of phenolic OH excluding ortho intramolecular Hbond substituents is 1. The van der Waals surface area contributed by atoms with Crippen molar-refractivity contribution >= 4 is 5.91 Å². The lowest BCUT2D eigenvalue weighted by molar-refractivity contribution is -0.138. The lowest BCUT2D eigenvalue weighted by Crippen LogP contribution is -2.51. The van der Waals surface area contributed by atoms with Gasteiger partial charge in [0, 0.05) is 26.2 Å². The third-order valence-corrected chi connectivity index (χ3v) is 6.99. The lowest BCUT2D eigenvalue weighted by atomic mass is 9.92. The third kappa shape index (κ3) is 5.84. The summed E-state index contributed by atoms with van der Waals surface area (Å²) in [6.45, 7) is 2.65. The zero-order valence-corrected chi connectivity index (χ0v) is 20.5. The van der Waals surface area contributed by atoms with E-state index in [0.29, 0.717) is 26.1 Å². The molecule has 36 heavy (non-hydrogen) atoms. The second kappa shape index (κ2) is 11.2. The quantitative estimate of drug-likeness (QED) is 0.361. The van der Waals surface area contributed by atoms with E-state index in [4.69, 9.17) is 0 Å². The Balaban J connectivity index is 1.42. The molecule has 1 N–H and O–H groups in total. The highest BCUT2D eigenvalue weighted by molar-refractivity contribution is 5.82. The number of fused-ring (bicyclic) bond motifs is 1. The zero-order valence-electron chi connectivity index (χ0n) is 20.5. The van der Waals surface area contributed by atoms with Gasteiger partial charge in [-0.25, -0.2) is 0 Å². The summed E-state index contributed by atoms with van der Waals surface area (Å²) in [4.78, 5) is 18.6. The number of aromatic hydroxyl groups is 1. The molecule has 4 aromatic rings. The first-order valence-electron chi connectivity index (χ1n) is 12.6. The molecule has 0 aromatic heterocycles. The van der Waals surface area contributed by atoms with Crippen LogP contribution in [0.5, 0.6) is 5.75 Å². The van der Waals surface area contributed by atoms with Crippen molar-refractivity contribution in [2.75, 3.05) is 6.54 Å². The van der Waals surface area contributed by atoms with Crippen LogP contribution in [0.3, 0.4) is 0 Å². The van der Waals surface area contributed by atoms with Gasteiger partial charge in [0.25, 0.3) is 0 Å². The van der Waals surface area contributed by atoms with Gasteiger partial charge in [-0.1, -0.05) is 97.1 Å². The molecule has 1 atom stereocenters. The number of nitrogens with zero attached hydrogens (tertiary/aromatic N) is 2. The van der Waals surface area contributed by atoms with Gasteiger partial charge in [0.05, 0.1) is 6.04 Å². The van der Waals surface area contributed by atoms with Crippen LogP contribution in [0.4, 0.5) is 0 Å². The third-order valence-electron chi connectivity index (χ3n) is 6.99. The second-order valence-electron chi connectivity index (χ2n) is 9.54. The molecule has 0 bridgehead atoms. The molecule has 4 nitrogen and oxygen atoms in total. The van der Waals surface area contributed by atoms with Crippen molar-refractivity contribution in [3.05, 3.63) is 137 Å². The number of hydrogen-bond donors (Lipinski definition) is 1. The Morgan fingerprint density at radius 2 is 1.36 bits per heavy atom. The highest BCUT2D eigenvalue weighted by Crippen LogP contribution is 2.27. The molecule has 0 unspecified atom stereocenters. The Hall–Kier alpha value is -3.89. The standard InChI is InChI=1S/C32H32N2O2/c35-30-17-15-27(16-18-30)23-34-24-29-14-8-7-13-28(29)21-31(34)32(36)33(22-26-11-5-2-6-12-26)20-19-25-9-3-1-4-10-25/h1-18,31,35H,19-24H2/t31-/m1/s1. The summed E-state index contributed by atoms with van der Waals surface area (Å²) in [6.07, 6.45) is 1.52. The maximum atomic E-state index is 14.2. The molecule has 0 spiro atoms. The smallest absolute Gasteiger partial charge is 0.240 e. The molecular weight excluding hydrogens is 444 g/mol. The van der Waals surface area contributed by atoms with E-state index in [1.165, 1.54) is 16.7 Å². The SMILES string of the molecule is O=C([C@H]1Cc2ccccc2CN1Cc1ccc(O)cc1)N(CCc1ccccc1)Cc1ccccc1. The van der Waals surface area contributed by atoms with E-state index in [1.54, 1.807) is 12.1 Å². The topological polar surface area (TPSA) is 43.8 Å². The van der Waals surface area contributed by atoms with Crippen molar-refractivity contribution < 1.29 is 9.90 Å². The number of amides is 1. The maximum absolute atomic E-state index is 14.2. The fourth-order valence-electron chi connectivity index (χ4n) is 5.01. The van der Waals surface area contributed by atoms with Crippen molar-refractivity contribution in [2.24, 2.45) is 0 Å². The van der Waals surface area contributed by atoms with Crippen LogP contribution in [0.15, 0.2) is 109 Å². The molecule has 0 fully saturated rings. The Morgan fingerprint density at radius 1 is 0.750 bits per heavy atom. The van der Waals surface area contributed by atoms with Crippen molar-refractivity contribution in [1.29, 1.82) is 0 Å². The molecule has 0 radical (unpaired) electrons. The molecule has 1 aliphatic heterocycles. The molecule has 0 saturated carbocycles. The lowest BCUT2D eigenvalue weighted by Gasteiger charge is -2.39. The summed E-state index contributed by atoms with van der Waals surface area (Å²) in [5.74, 6) is 0.424. The minimum absolute atomic E-state index is 0.170. The molecule has 4 aromatic carbocycles. The Bertz CT molecular complexity index is 1270. The number of benzene rings is 4. The van der Waals surface area contributed by atoms with Crippen molar-refractivity contribution in [3.8, 4) is 5.75 Å². The summed E-state index contributed by atoms with van der Waals surface area (Å²) >= 11 is 0. The molecule has 4 heteroatoms. The second-order valence-corrected chi connectivity index (χ2v) is 9.54. The van der Waals surface area contributed by atoms with E-state index in [0.717, 1.165) is 24.1 Å². The van der Waals surface area contributed by atoms with Crippen molar-refractivity contribution in [3.63, 3.8) is 0 Å². The van der Waals surface area contributed by atoms with Gasteiger partial charge in [-0.3, -0.25) is 9.69 Å². The summed E-state index contributed by atoms with van der Waals surface area (Å²) in [7, 11) is 0. The summed E-state index contributed by atoms with van der Waals surface area (Å²) in [5, 5.41) is 9.72. The number of rotatable bonds is 8. The molecule has 0 aliphatic carbocycles. The minimum atomic E-state index is -0.242. The van der Waals surface area contributed by atoms with Crippen LogP contribution in [0.25, 0.3) is 0 Å². The number of carbonyl (C=O) groups is 1. The van der Waals surface area contributed by atoms with Crippen LogP contribution in [-0.4, -0.2) is 33.4 Å². The Kier molecular flexibility index (Phi) is 7.44. The molecule has 1 amide bonds. The largest absolute Gasteiger partial charge is 0.508 e. The van der Waals surface area contributed by atoms with E-state index in [2.05, 4.69) is 65.6 Å². The van der Waals surface area contributed by atoms with Gasteiger partial charge in [-0.15, -0.1) is 0 Å². The van der Waals surface area contributed by atoms with Gasteiger partial charge >= 0.3 is 0 Å². The number of hydrogen-bond acceptors (Lipinski definition) is 3. The van der Waals surface area contributed by atoms with E-state index in [-0.39, 0.29) is 17.7 Å². The Labute approximate surface area is 213 Å². The van der Waals surface area contributed by atoms with Gasteiger partial charge in [0.1, 0.15) is 5.75 Å². The van der Waals surface area contributed by atoms with Crippen molar-refractivity contribution in [2.45, 2.75) is 38.5 Å². The van der Waals surface area contributed by atoms with Crippen LogP contribution >= 0.6 is 0 Å². The van der Waals surface area contributed by atoms with Crippen LogP contribution in [0, 0.1) is 0 Å². The van der Waals surface area contributed by atoms with Crippen LogP contribution in [0.1, 0.15) is 27.8 Å². The van der Waals surface area contributed by atoms with Gasteiger partial charge in [0.2, 0.25) is 5.91 Å². The molecule has 1 aliphatic rings. The molecule has 5 rings (SSSR count). The monoisotopic (exact) mass is 476 g/mol. The summed E-state index contributed by atoms with van der Waals surface area (Å²) < 4.78 is 0. The summed E-state index contributed by atoms with van der Waals surface area (Å²) in [6, 6.07) is 36.1. The predicted molar refractivity (Wildman–Crippen MR) is 143 cm³/mol. The van der Waals surface area contributed by atoms with Gasteiger partial charge < -0.3 is 10.0 Å². The minimum Gasteiger partial charge on any atom is -0.508 e. The molecular formula is C32H32N2O2. The first-order valence-corrected chi connectivity index (χ1v) is 12.6. The van der Waals surface area contributed by atoms with Crippen molar-refractivity contribution in [1.82, 2.24) is 9.80 Å². The van der Waals surface area contributed by atoms with E-state index in [9.17, 15) is 9.90 Å². The first kappa shape index (κ1) is 23.8. The number of carbonyl (C=O) groups excluding carboxylic acids is 1. The first-order chi connectivity index (χ1) is 17.7. The average molecular weight is 477 g/mol. The van der Waals surface area contributed by atoms with E-state index < -0.39 is 0 Å². The molecule has 182 valence electrons. The van der Waals surface area contributed by atoms with Gasteiger partial charge in [-0.05, 0) is 52.8 Å². The van der Waals surface area contributed by atoms with E-state index >= 15 is 0 Å². The van der Waals surface area contributed by atoms with E-state index in [1.807, 2.05) is 41.3 Å². The predicted octanol–water partition coefficient (Wildman–Crippen LogP) is 5.59. The highest BCUT2D eigenvalue weighted by Gasteiger charge is 2.34. The van der Waals surface area contributed by atoms with Gasteiger partial charge in [-0.2, -0.15) is 0 Å². The fraction of sp³-hybridized carbons (Fsp3) is 0.219. The number of phenols is 1. The molecule has 0 saturated heterocycles. The Morgan fingerprint density at radius 3 is 2.06 bits per heavy atom. The van der Waals surface area contributed by atoms with Crippen LogP contribution in [-0.2, 0) is 37.3 Å². The molecule has 1 heterocycles. The van der Waals surface area contributed by atoms with Gasteiger partial charge in [0.15, 0.2) is 0 Å². The average Bonchev–Trinajstić information content (AvgIpc) is 2.92. The van der Waals surface area contributed by atoms with Crippen LogP contribution in [0.2, 0.25) is 0 Å². The maximum Gasteiger partial charge on any atom is 0.240 e. The van der Waals surface area contributed by atoms with Crippen LogP contribution < -0.4 is 0 Å². The summed E-state index contributed by atoms with van der Waals surface area (Å²) in [5.41, 5.74) is 5.99. The highest BCUT2D eigenvalue weighted by atomic mass is 16.3. The zero-order chi connectivity index (χ0) is 24.7. The normalized spacial score (nSPS) is 15.3. The fourth-order valence-corrected chi connectivity index (χ4v) is 5.01.